The molecule has 0 radical (unpaired) electrons. The number of fused-ring (bicyclic) bond motifs is 1. The monoisotopic (exact) mass is 420 g/mol. The fourth-order valence-electron chi connectivity index (χ4n) is 3.97. The van der Waals surface area contributed by atoms with Crippen LogP contribution < -0.4 is 11.2 Å². The fourth-order valence-corrected chi connectivity index (χ4v) is 3.97. The van der Waals surface area contributed by atoms with Crippen molar-refractivity contribution in [2.24, 2.45) is 13.0 Å². The van der Waals surface area contributed by atoms with Gasteiger partial charge in [0.2, 0.25) is 5.95 Å². The molecule has 0 amide bonds. The van der Waals surface area contributed by atoms with E-state index in [1.807, 2.05) is 54.8 Å². The van der Waals surface area contributed by atoms with Gasteiger partial charge in [0.05, 0.1) is 5.69 Å². The molecular formula is C23H28N6O2. The molecule has 0 unspecified atom stereocenters. The lowest BCUT2D eigenvalue weighted by atomic mass is 10.1. The lowest BCUT2D eigenvalue weighted by molar-refractivity contribution is 0.515. The Morgan fingerprint density at radius 1 is 1.03 bits per heavy atom. The van der Waals surface area contributed by atoms with E-state index in [1.54, 1.807) is 11.7 Å². The van der Waals surface area contributed by atoms with Gasteiger partial charge in [0.1, 0.15) is 0 Å². The molecule has 3 heterocycles. The number of hydrogen-bond donors (Lipinski definition) is 0. The largest absolute Gasteiger partial charge is 0.332 e. The van der Waals surface area contributed by atoms with Crippen molar-refractivity contribution in [2.45, 2.75) is 47.2 Å². The fraction of sp³-hybridized carbons (Fsp3) is 0.391. The maximum absolute atomic E-state index is 13.5. The second kappa shape index (κ2) is 8.02. The molecule has 0 bridgehead atoms. The van der Waals surface area contributed by atoms with Crippen molar-refractivity contribution in [3.05, 3.63) is 74.2 Å². The average molecular weight is 421 g/mol. The summed E-state index contributed by atoms with van der Waals surface area (Å²) in [5.74, 6) is 0.838. The Bertz CT molecular complexity index is 1350. The quantitative estimate of drug-likeness (QED) is 0.480. The van der Waals surface area contributed by atoms with Gasteiger partial charge in [-0.1, -0.05) is 44.2 Å². The average Bonchev–Trinajstić information content (AvgIpc) is 3.26. The molecule has 8 heteroatoms. The van der Waals surface area contributed by atoms with Gasteiger partial charge in [-0.15, -0.1) is 0 Å². The van der Waals surface area contributed by atoms with Crippen molar-refractivity contribution in [2.75, 3.05) is 0 Å². The third-order valence-corrected chi connectivity index (χ3v) is 5.43. The van der Waals surface area contributed by atoms with Gasteiger partial charge in [-0.25, -0.2) is 9.48 Å². The van der Waals surface area contributed by atoms with E-state index in [0.29, 0.717) is 36.6 Å². The summed E-state index contributed by atoms with van der Waals surface area (Å²) in [6, 6.07) is 11.8. The first kappa shape index (κ1) is 20.8. The molecular weight excluding hydrogens is 392 g/mol. The van der Waals surface area contributed by atoms with Crippen LogP contribution in [0.3, 0.4) is 0 Å². The Balaban J connectivity index is 1.93. The molecule has 4 aromatic rings. The van der Waals surface area contributed by atoms with Gasteiger partial charge in [0.15, 0.2) is 11.2 Å². The summed E-state index contributed by atoms with van der Waals surface area (Å²) in [7, 11) is 1.67. The lowest BCUT2D eigenvalue weighted by Crippen LogP contribution is -2.40. The summed E-state index contributed by atoms with van der Waals surface area (Å²) >= 11 is 0. The summed E-state index contributed by atoms with van der Waals surface area (Å²) in [5.41, 5.74) is 3.02. The van der Waals surface area contributed by atoms with Gasteiger partial charge in [0, 0.05) is 25.8 Å². The zero-order chi connectivity index (χ0) is 22.3. The Morgan fingerprint density at radius 2 is 1.74 bits per heavy atom. The minimum absolute atomic E-state index is 0.280. The lowest BCUT2D eigenvalue weighted by Gasteiger charge is -2.13. The van der Waals surface area contributed by atoms with E-state index in [-0.39, 0.29) is 17.2 Å². The van der Waals surface area contributed by atoms with Crippen LogP contribution in [-0.4, -0.2) is 28.5 Å². The predicted octanol–water partition coefficient (Wildman–Crippen LogP) is 2.60. The van der Waals surface area contributed by atoms with Crippen molar-refractivity contribution in [3.8, 4) is 5.95 Å². The maximum Gasteiger partial charge on any atom is 0.332 e. The molecule has 0 atom stereocenters. The second-order valence-electron chi connectivity index (χ2n) is 8.46. The first-order valence-corrected chi connectivity index (χ1v) is 10.6. The highest BCUT2D eigenvalue weighted by atomic mass is 16.2. The highest BCUT2D eigenvalue weighted by Gasteiger charge is 2.23. The Labute approximate surface area is 180 Å². The summed E-state index contributed by atoms with van der Waals surface area (Å²) in [4.78, 5) is 31.3. The van der Waals surface area contributed by atoms with E-state index in [1.165, 1.54) is 9.13 Å². The van der Waals surface area contributed by atoms with Crippen molar-refractivity contribution in [1.29, 1.82) is 0 Å². The van der Waals surface area contributed by atoms with E-state index in [0.717, 1.165) is 17.0 Å². The molecule has 3 aromatic heterocycles. The van der Waals surface area contributed by atoms with Crippen LogP contribution in [0.2, 0.25) is 0 Å². The van der Waals surface area contributed by atoms with Crippen LogP contribution in [0.5, 0.6) is 0 Å². The van der Waals surface area contributed by atoms with Gasteiger partial charge in [-0.3, -0.25) is 13.9 Å². The third kappa shape index (κ3) is 3.73. The van der Waals surface area contributed by atoms with Gasteiger partial charge in [-0.2, -0.15) is 10.1 Å². The normalized spacial score (nSPS) is 11.7. The second-order valence-corrected chi connectivity index (χ2v) is 8.46. The molecule has 4 rings (SSSR count). The Hall–Kier alpha value is -3.42. The molecule has 1 aromatic carbocycles. The number of nitrogens with zero attached hydrogens (tertiary/aromatic N) is 6. The van der Waals surface area contributed by atoms with Crippen molar-refractivity contribution in [1.82, 2.24) is 28.5 Å². The van der Waals surface area contributed by atoms with Crippen LogP contribution in [0.25, 0.3) is 17.1 Å². The molecule has 0 spiro atoms. The van der Waals surface area contributed by atoms with Crippen LogP contribution >= 0.6 is 0 Å². The molecule has 0 fully saturated rings. The summed E-state index contributed by atoms with van der Waals surface area (Å²) in [6.07, 6.45) is 0.601. The first-order valence-electron chi connectivity index (χ1n) is 10.6. The predicted molar refractivity (Wildman–Crippen MR) is 121 cm³/mol. The van der Waals surface area contributed by atoms with Crippen molar-refractivity contribution < 1.29 is 0 Å². The van der Waals surface area contributed by atoms with Gasteiger partial charge in [-0.05, 0) is 37.8 Å². The molecule has 0 saturated carbocycles. The Kier molecular flexibility index (Phi) is 5.39. The highest BCUT2D eigenvalue weighted by Crippen LogP contribution is 2.19. The van der Waals surface area contributed by atoms with E-state index in [4.69, 9.17) is 4.98 Å². The van der Waals surface area contributed by atoms with E-state index >= 15 is 0 Å². The summed E-state index contributed by atoms with van der Waals surface area (Å²) in [6.45, 7) is 8.96. The molecule has 0 aliphatic carbocycles. The van der Waals surface area contributed by atoms with Crippen LogP contribution in [0, 0.1) is 19.8 Å². The number of hydrogen-bond acceptors (Lipinski definition) is 4. The first-order chi connectivity index (χ1) is 14.8. The van der Waals surface area contributed by atoms with Crippen molar-refractivity contribution in [3.63, 3.8) is 0 Å². The molecule has 0 aliphatic rings. The van der Waals surface area contributed by atoms with Crippen LogP contribution in [0.1, 0.15) is 30.8 Å². The van der Waals surface area contributed by atoms with E-state index in [9.17, 15) is 9.59 Å². The molecule has 162 valence electrons. The maximum atomic E-state index is 13.5. The molecule has 31 heavy (non-hydrogen) atoms. The van der Waals surface area contributed by atoms with Crippen LogP contribution in [0.15, 0.2) is 46.0 Å². The topological polar surface area (TPSA) is 79.6 Å². The molecule has 0 saturated heterocycles. The van der Waals surface area contributed by atoms with Crippen LogP contribution in [0.4, 0.5) is 0 Å². The van der Waals surface area contributed by atoms with Crippen molar-refractivity contribution >= 4 is 11.2 Å². The number of aryl methyl sites for hydroxylation is 4. The zero-order valence-electron chi connectivity index (χ0n) is 18.7. The Morgan fingerprint density at radius 3 is 2.35 bits per heavy atom. The smallest absolute Gasteiger partial charge is 0.302 e. The van der Waals surface area contributed by atoms with Gasteiger partial charge < -0.3 is 4.57 Å². The number of aromatic nitrogens is 6. The zero-order valence-corrected chi connectivity index (χ0v) is 18.7. The highest BCUT2D eigenvalue weighted by molar-refractivity contribution is 5.72. The van der Waals surface area contributed by atoms with E-state index in [2.05, 4.69) is 18.9 Å². The minimum Gasteiger partial charge on any atom is -0.302 e. The molecule has 8 nitrogen and oxygen atoms in total. The molecule has 0 aliphatic heterocycles. The summed E-state index contributed by atoms with van der Waals surface area (Å²) < 4.78 is 6.43. The van der Waals surface area contributed by atoms with Crippen LogP contribution in [-0.2, 0) is 26.6 Å². The van der Waals surface area contributed by atoms with Gasteiger partial charge in [0.25, 0.3) is 5.56 Å². The SMILES string of the molecule is Cc1cc(C)n(-c2nc3c(c(=O)n(CCc4ccccc4)c(=O)n3C)n2CC(C)C)n1. The third-order valence-electron chi connectivity index (χ3n) is 5.43. The minimum atomic E-state index is -0.359. The molecule has 0 N–H and O–H groups in total. The number of rotatable bonds is 6. The van der Waals surface area contributed by atoms with Gasteiger partial charge >= 0.3 is 5.69 Å². The standard InChI is InChI=1S/C23H28N6O2/c1-15(2)14-28-19-20(24-22(28)29-17(4)13-16(3)25-29)26(5)23(31)27(21(19)30)12-11-18-9-7-6-8-10-18/h6-10,13,15H,11-12,14H2,1-5H3. The number of imidazole rings is 1. The number of benzene rings is 1. The van der Waals surface area contributed by atoms with E-state index < -0.39 is 0 Å². The summed E-state index contributed by atoms with van der Waals surface area (Å²) in [5, 5.41) is 4.56.